The van der Waals surface area contributed by atoms with Gasteiger partial charge < -0.3 is 20.1 Å². The lowest BCUT2D eigenvalue weighted by Crippen LogP contribution is -2.38. The molecule has 1 aliphatic rings. The number of hydrazone groups is 1. The number of hydrogen-bond acceptors (Lipinski definition) is 6. The van der Waals surface area contributed by atoms with Crippen molar-refractivity contribution in [2.24, 2.45) is 5.10 Å². The molecule has 33 heavy (non-hydrogen) atoms. The highest BCUT2D eigenvalue weighted by molar-refractivity contribution is 6.35. The van der Waals surface area contributed by atoms with Gasteiger partial charge in [0.05, 0.1) is 18.3 Å². The Hall–Kier alpha value is -3.30. The Labute approximate surface area is 200 Å². The van der Waals surface area contributed by atoms with Crippen LogP contribution in [0.1, 0.15) is 24.0 Å². The number of aryl methyl sites for hydroxylation is 1. The highest BCUT2D eigenvalue weighted by atomic mass is 35.5. The molecule has 0 unspecified atom stereocenters. The monoisotopic (exact) mass is 492 g/mol. The number of benzene rings is 2. The van der Waals surface area contributed by atoms with Crippen LogP contribution >= 0.6 is 23.2 Å². The number of carbonyl (C=O) groups excluding carboxylic acids is 3. The second kappa shape index (κ2) is 11.0. The summed E-state index contributed by atoms with van der Waals surface area (Å²) in [5, 5.41) is 9.70. The van der Waals surface area contributed by atoms with Crippen molar-refractivity contribution in [1.29, 1.82) is 0 Å². The van der Waals surface area contributed by atoms with E-state index in [1.54, 1.807) is 24.3 Å². The molecule has 1 aliphatic carbocycles. The first-order valence-corrected chi connectivity index (χ1v) is 10.7. The van der Waals surface area contributed by atoms with Gasteiger partial charge in [-0.05, 0) is 55.2 Å². The molecule has 3 rings (SSSR count). The van der Waals surface area contributed by atoms with Crippen molar-refractivity contribution in [3.63, 3.8) is 0 Å². The van der Waals surface area contributed by atoms with Crippen LogP contribution < -0.4 is 25.5 Å². The number of amides is 3. The summed E-state index contributed by atoms with van der Waals surface area (Å²) in [6.07, 6.45) is 3.04. The molecule has 2 aromatic rings. The van der Waals surface area contributed by atoms with Gasteiger partial charge in [-0.1, -0.05) is 29.3 Å². The molecule has 2 aromatic carbocycles. The van der Waals surface area contributed by atoms with E-state index >= 15 is 0 Å². The fourth-order valence-electron chi connectivity index (χ4n) is 2.65. The smallest absolute Gasteiger partial charge is 0.329 e. The average molecular weight is 493 g/mol. The van der Waals surface area contributed by atoms with Crippen LogP contribution in [0.4, 0.5) is 5.69 Å². The van der Waals surface area contributed by atoms with E-state index in [9.17, 15) is 14.4 Å². The van der Waals surface area contributed by atoms with Crippen LogP contribution in [0.2, 0.25) is 10.0 Å². The molecule has 0 saturated heterocycles. The number of rotatable bonds is 8. The standard InChI is InChI=1S/C22H22Cl2N4O5/c1-12-3-4-15(9-16(12)23)26-19(29)11-33-20-17(24)7-13(8-18(20)32-2)10-25-28-22(31)21(30)27-14-5-6-14/h3-4,7-10,14H,5-6,11H2,1-2H3,(H,26,29)(H,27,30)(H,28,31)/b25-10-. The van der Waals surface area contributed by atoms with E-state index in [0.717, 1.165) is 18.4 Å². The first kappa shape index (κ1) is 24.3. The molecule has 174 valence electrons. The van der Waals surface area contributed by atoms with Crippen LogP contribution in [-0.4, -0.2) is 43.7 Å². The number of halogens is 2. The molecule has 3 N–H and O–H groups in total. The molecule has 0 atom stereocenters. The van der Waals surface area contributed by atoms with Gasteiger partial charge in [0.25, 0.3) is 5.91 Å². The predicted molar refractivity (Wildman–Crippen MR) is 125 cm³/mol. The molecular formula is C22H22Cl2N4O5. The maximum atomic E-state index is 12.2. The first-order valence-electron chi connectivity index (χ1n) is 9.97. The van der Waals surface area contributed by atoms with E-state index in [0.29, 0.717) is 16.3 Å². The third kappa shape index (κ3) is 7.10. The van der Waals surface area contributed by atoms with Crippen LogP contribution in [0.25, 0.3) is 0 Å². The van der Waals surface area contributed by atoms with Crippen molar-refractivity contribution < 1.29 is 23.9 Å². The third-order valence-electron chi connectivity index (χ3n) is 4.55. The summed E-state index contributed by atoms with van der Waals surface area (Å²) < 4.78 is 10.8. The van der Waals surface area contributed by atoms with Crippen molar-refractivity contribution in [2.45, 2.75) is 25.8 Å². The molecule has 0 aromatic heterocycles. The summed E-state index contributed by atoms with van der Waals surface area (Å²) >= 11 is 12.4. The van der Waals surface area contributed by atoms with E-state index in [1.165, 1.54) is 19.4 Å². The Kier molecular flexibility index (Phi) is 8.13. The zero-order valence-corrected chi connectivity index (χ0v) is 19.4. The van der Waals surface area contributed by atoms with Gasteiger partial charge in [0.2, 0.25) is 0 Å². The van der Waals surface area contributed by atoms with Crippen LogP contribution in [0, 0.1) is 6.92 Å². The minimum Gasteiger partial charge on any atom is -0.493 e. The zero-order chi connectivity index (χ0) is 24.0. The largest absolute Gasteiger partial charge is 0.493 e. The predicted octanol–water partition coefficient (Wildman–Crippen LogP) is 3.06. The van der Waals surface area contributed by atoms with Crippen LogP contribution in [0.15, 0.2) is 35.4 Å². The van der Waals surface area contributed by atoms with Crippen molar-refractivity contribution in [2.75, 3.05) is 19.0 Å². The SMILES string of the molecule is COc1cc(/C=N\NC(=O)C(=O)NC2CC2)cc(Cl)c1OCC(=O)Nc1ccc(C)c(Cl)c1. The van der Waals surface area contributed by atoms with E-state index in [4.69, 9.17) is 32.7 Å². The average Bonchev–Trinajstić information content (AvgIpc) is 3.59. The molecule has 11 heteroatoms. The molecule has 3 amide bonds. The summed E-state index contributed by atoms with van der Waals surface area (Å²) in [7, 11) is 1.41. The second-order valence-corrected chi connectivity index (χ2v) is 8.10. The Morgan fingerprint density at radius 3 is 2.55 bits per heavy atom. The molecule has 1 fully saturated rings. The minimum atomic E-state index is -0.864. The Morgan fingerprint density at radius 1 is 1.12 bits per heavy atom. The normalized spacial score (nSPS) is 12.8. The molecule has 1 saturated carbocycles. The van der Waals surface area contributed by atoms with Crippen LogP contribution in [0.5, 0.6) is 11.5 Å². The summed E-state index contributed by atoms with van der Waals surface area (Å²) in [6, 6.07) is 8.30. The summed E-state index contributed by atoms with van der Waals surface area (Å²) in [6.45, 7) is 1.54. The van der Waals surface area contributed by atoms with Gasteiger partial charge in [0, 0.05) is 16.8 Å². The maximum Gasteiger partial charge on any atom is 0.329 e. The fraction of sp³-hybridized carbons (Fsp3) is 0.273. The van der Waals surface area contributed by atoms with Gasteiger partial charge in [0.1, 0.15) is 0 Å². The number of nitrogens with zero attached hydrogens (tertiary/aromatic N) is 1. The van der Waals surface area contributed by atoms with Gasteiger partial charge in [-0.3, -0.25) is 14.4 Å². The molecule has 0 aliphatic heterocycles. The molecule has 9 nitrogen and oxygen atoms in total. The Bertz CT molecular complexity index is 1100. The lowest BCUT2D eigenvalue weighted by molar-refractivity contribution is -0.139. The number of ether oxygens (including phenoxy) is 2. The molecule has 0 heterocycles. The van der Waals surface area contributed by atoms with E-state index < -0.39 is 17.7 Å². The van der Waals surface area contributed by atoms with Crippen LogP contribution in [0.3, 0.4) is 0 Å². The number of methoxy groups -OCH3 is 1. The molecule has 0 radical (unpaired) electrons. The summed E-state index contributed by atoms with van der Waals surface area (Å²) in [4.78, 5) is 35.6. The molecule has 0 spiro atoms. The van der Waals surface area contributed by atoms with Gasteiger partial charge in [-0.15, -0.1) is 0 Å². The highest BCUT2D eigenvalue weighted by Crippen LogP contribution is 2.36. The lowest BCUT2D eigenvalue weighted by atomic mass is 10.2. The number of hydrogen-bond donors (Lipinski definition) is 3. The van der Waals surface area contributed by atoms with Gasteiger partial charge in [-0.2, -0.15) is 5.10 Å². The first-order chi connectivity index (χ1) is 15.8. The van der Waals surface area contributed by atoms with Crippen LogP contribution in [-0.2, 0) is 14.4 Å². The Morgan fingerprint density at radius 2 is 1.88 bits per heavy atom. The van der Waals surface area contributed by atoms with Gasteiger partial charge >= 0.3 is 11.8 Å². The molecule has 0 bridgehead atoms. The van der Waals surface area contributed by atoms with Crippen molar-refractivity contribution in [3.8, 4) is 11.5 Å². The maximum absolute atomic E-state index is 12.2. The number of nitrogens with one attached hydrogen (secondary N) is 3. The quantitative estimate of drug-likeness (QED) is 0.297. The fourth-order valence-corrected chi connectivity index (χ4v) is 3.11. The third-order valence-corrected chi connectivity index (χ3v) is 5.24. The Balaban J connectivity index is 1.58. The molecular weight excluding hydrogens is 471 g/mol. The number of anilines is 1. The van der Waals surface area contributed by atoms with E-state index in [1.807, 2.05) is 6.92 Å². The van der Waals surface area contributed by atoms with Crippen molar-refractivity contribution >= 4 is 52.8 Å². The van der Waals surface area contributed by atoms with E-state index in [-0.39, 0.29) is 29.2 Å². The van der Waals surface area contributed by atoms with Crippen molar-refractivity contribution in [1.82, 2.24) is 10.7 Å². The van der Waals surface area contributed by atoms with E-state index in [2.05, 4.69) is 21.2 Å². The summed E-state index contributed by atoms with van der Waals surface area (Å²) in [5.41, 5.74) is 4.06. The zero-order valence-electron chi connectivity index (χ0n) is 17.9. The lowest BCUT2D eigenvalue weighted by Gasteiger charge is -2.13. The second-order valence-electron chi connectivity index (χ2n) is 7.28. The minimum absolute atomic E-state index is 0.0691. The van der Waals surface area contributed by atoms with Crippen molar-refractivity contribution in [3.05, 3.63) is 51.5 Å². The topological polar surface area (TPSA) is 118 Å². The van der Waals surface area contributed by atoms with Gasteiger partial charge in [-0.25, -0.2) is 5.43 Å². The highest BCUT2D eigenvalue weighted by Gasteiger charge is 2.26. The van der Waals surface area contributed by atoms with Gasteiger partial charge in [0.15, 0.2) is 18.1 Å². The number of carbonyl (C=O) groups is 3. The summed E-state index contributed by atoms with van der Waals surface area (Å²) in [5.74, 6) is -1.59.